The maximum absolute atomic E-state index is 12.6. The van der Waals surface area contributed by atoms with E-state index in [-0.39, 0.29) is 11.7 Å². The first-order valence-corrected chi connectivity index (χ1v) is 11.1. The van der Waals surface area contributed by atoms with Crippen LogP contribution in [0.1, 0.15) is 25.0 Å². The molecule has 0 bridgehead atoms. The Labute approximate surface area is 184 Å². The molecule has 0 saturated heterocycles. The van der Waals surface area contributed by atoms with Crippen LogP contribution in [0.15, 0.2) is 41.6 Å². The van der Waals surface area contributed by atoms with Crippen molar-refractivity contribution in [2.75, 3.05) is 11.1 Å². The number of amides is 1. The average Bonchev–Trinajstić information content (AvgIpc) is 3.07. The molecule has 0 aliphatic rings. The van der Waals surface area contributed by atoms with E-state index in [2.05, 4.69) is 29.4 Å². The van der Waals surface area contributed by atoms with E-state index in [0.717, 1.165) is 35.2 Å². The van der Waals surface area contributed by atoms with Crippen molar-refractivity contribution >= 4 is 46.6 Å². The van der Waals surface area contributed by atoms with Crippen LogP contribution < -0.4 is 5.32 Å². The number of benzene rings is 2. The molecule has 0 fully saturated rings. The van der Waals surface area contributed by atoms with Gasteiger partial charge >= 0.3 is 0 Å². The molecular weight excluding hydrogens is 427 g/mol. The smallest absolute Gasteiger partial charge is 0.234 e. The van der Waals surface area contributed by atoms with E-state index in [9.17, 15) is 4.79 Å². The van der Waals surface area contributed by atoms with Crippen molar-refractivity contribution in [3.05, 3.63) is 57.6 Å². The quantitative estimate of drug-likeness (QED) is 0.474. The fraction of sp³-hybridized carbons (Fsp3) is 0.286. The van der Waals surface area contributed by atoms with Crippen LogP contribution in [0.2, 0.25) is 10.0 Å². The number of anilines is 1. The highest BCUT2D eigenvalue weighted by Gasteiger charge is 2.16. The Bertz CT molecular complexity index is 1010. The number of carbonyl (C=O) groups excluding carboxylic acids is 1. The topological polar surface area (TPSA) is 59.8 Å². The summed E-state index contributed by atoms with van der Waals surface area (Å²) in [5, 5.41) is 13.2. The molecule has 152 valence electrons. The molecule has 3 aromatic rings. The molecule has 0 radical (unpaired) electrons. The number of hydrogen-bond acceptors (Lipinski definition) is 4. The Balaban J connectivity index is 1.71. The summed E-state index contributed by atoms with van der Waals surface area (Å²) in [6, 6.07) is 11.4. The van der Waals surface area contributed by atoms with E-state index in [1.54, 1.807) is 12.1 Å². The highest BCUT2D eigenvalue weighted by atomic mass is 35.5. The molecule has 3 rings (SSSR count). The molecule has 0 spiro atoms. The molecule has 0 aliphatic carbocycles. The predicted molar refractivity (Wildman–Crippen MR) is 121 cm³/mol. The van der Waals surface area contributed by atoms with Gasteiger partial charge in [-0.2, -0.15) is 0 Å². The first-order chi connectivity index (χ1) is 13.9. The number of nitrogens with zero attached hydrogens (tertiary/aromatic N) is 3. The minimum Gasteiger partial charge on any atom is -0.325 e. The van der Waals surface area contributed by atoms with Crippen LogP contribution in [-0.4, -0.2) is 26.4 Å². The van der Waals surface area contributed by atoms with Crippen molar-refractivity contribution in [2.45, 2.75) is 31.8 Å². The second-order valence-electron chi connectivity index (χ2n) is 6.48. The SMILES string of the molecule is CCc1cccc(CC)c1NC(=O)CSc1nnc(-c2ccc(Cl)cc2Cl)n1C. The average molecular weight is 449 g/mol. The lowest BCUT2D eigenvalue weighted by atomic mass is 10.0. The number of halogens is 2. The Morgan fingerprint density at radius 3 is 2.41 bits per heavy atom. The summed E-state index contributed by atoms with van der Waals surface area (Å²) in [7, 11) is 1.85. The molecule has 0 saturated carbocycles. The van der Waals surface area contributed by atoms with Crippen molar-refractivity contribution in [1.29, 1.82) is 0 Å². The second-order valence-corrected chi connectivity index (χ2v) is 8.27. The normalized spacial score (nSPS) is 10.9. The summed E-state index contributed by atoms with van der Waals surface area (Å²) < 4.78 is 1.82. The van der Waals surface area contributed by atoms with Crippen molar-refractivity contribution in [1.82, 2.24) is 14.8 Å². The van der Waals surface area contributed by atoms with Crippen molar-refractivity contribution in [3.8, 4) is 11.4 Å². The third-order valence-electron chi connectivity index (χ3n) is 4.60. The molecule has 0 unspecified atom stereocenters. The molecule has 2 aromatic carbocycles. The highest BCUT2D eigenvalue weighted by Crippen LogP contribution is 2.31. The van der Waals surface area contributed by atoms with Crippen LogP contribution in [0.5, 0.6) is 0 Å². The molecule has 1 heterocycles. The Morgan fingerprint density at radius 1 is 1.10 bits per heavy atom. The molecule has 0 aliphatic heterocycles. The number of para-hydroxylation sites is 1. The Hall–Kier alpha value is -2.02. The van der Waals surface area contributed by atoms with Crippen LogP contribution in [0.25, 0.3) is 11.4 Å². The molecule has 1 aromatic heterocycles. The zero-order valence-electron chi connectivity index (χ0n) is 16.5. The number of carbonyl (C=O) groups is 1. The van der Waals surface area contributed by atoms with Gasteiger partial charge in [-0.15, -0.1) is 10.2 Å². The van der Waals surface area contributed by atoms with Gasteiger partial charge in [0.1, 0.15) is 0 Å². The van der Waals surface area contributed by atoms with Crippen LogP contribution in [0, 0.1) is 0 Å². The first-order valence-electron chi connectivity index (χ1n) is 9.32. The molecule has 1 N–H and O–H groups in total. The maximum atomic E-state index is 12.6. The molecule has 5 nitrogen and oxygen atoms in total. The fourth-order valence-electron chi connectivity index (χ4n) is 3.05. The summed E-state index contributed by atoms with van der Waals surface area (Å²) >= 11 is 13.6. The summed E-state index contributed by atoms with van der Waals surface area (Å²) in [6.07, 6.45) is 1.73. The predicted octanol–water partition coefficient (Wildman–Crippen LogP) is 5.64. The van der Waals surface area contributed by atoms with Gasteiger partial charge in [0.15, 0.2) is 11.0 Å². The van der Waals surface area contributed by atoms with Gasteiger partial charge in [0, 0.05) is 23.3 Å². The summed E-state index contributed by atoms with van der Waals surface area (Å²) in [5.74, 6) is 0.792. The minimum atomic E-state index is -0.0697. The number of aryl methyl sites for hydroxylation is 2. The summed E-state index contributed by atoms with van der Waals surface area (Å²) in [4.78, 5) is 12.6. The fourth-order valence-corrected chi connectivity index (χ4v) is 4.26. The van der Waals surface area contributed by atoms with Crippen molar-refractivity contribution in [3.63, 3.8) is 0 Å². The van der Waals surface area contributed by atoms with Crippen LogP contribution >= 0.6 is 35.0 Å². The van der Waals surface area contributed by atoms with Gasteiger partial charge in [0.05, 0.1) is 10.8 Å². The summed E-state index contributed by atoms with van der Waals surface area (Å²) in [6.45, 7) is 4.17. The van der Waals surface area contributed by atoms with E-state index in [0.29, 0.717) is 21.0 Å². The van der Waals surface area contributed by atoms with Gasteiger partial charge in [0.25, 0.3) is 0 Å². The zero-order valence-corrected chi connectivity index (χ0v) is 18.8. The number of thioether (sulfide) groups is 1. The van der Waals surface area contributed by atoms with Crippen molar-refractivity contribution < 1.29 is 4.79 Å². The van der Waals surface area contributed by atoms with E-state index >= 15 is 0 Å². The number of hydrogen-bond donors (Lipinski definition) is 1. The van der Waals surface area contributed by atoms with Crippen LogP contribution in [-0.2, 0) is 24.7 Å². The van der Waals surface area contributed by atoms with Crippen LogP contribution in [0.4, 0.5) is 5.69 Å². The third-order valence-corrected chi connectivity index (χ3v) is 6.17. The lowest BCUT2D eigenvalue weighted by molar-refractivity contribution is -0.113. The monoisotopic (exact) mass is 448 g/mol. The maximum Gasteiger partial charge on any atom is 0.234 e. The Kier molecular flexibility index (Phi) is 7.22. The molecule has 8 heteroatoms. The largest absolute Gasteiger partial charge is 0.325 e. The van der Waals surface area contributed by atoms with Gasteiger partial charge in [0.2, 0.25) is 5.91 Å². The molecule has 0 atom stereocenters. The number of aromatic nitrogens is 3. The van der Waals surface area contributed by atoms with Gasteiger partial charge in [-0.1, -0.05) is 67.0 Å². The lowest BCUT2D eigenvalue weighted by Gasteiger charge is -2.14. The van der Waals surface area contributed by atoms with E-state index in [4.69, 9.17) is 23.2 Å². The Morgan fingerprint density at radius 2 is 1.79 bits per heavy atom. The van der Waals surface area contributed by atoms with Gasteiger partial charge in [-0.05, 0) is 42.2 Å². The minimum absolute atomic E-state index is 0.0697. The second kappa shape index (κ2) is 9.65. The van der Waals surface area contributed by atoms with E-state index in [1.165, 1.54) is 11.8 Å². The van der Waals surface area contributed by atoms with Crippen molar-refractivity contribution in [2.24, 2.45) is 7.05 Å². The zero-order chi connectivity index (χ0) is 21.0. The first kappa shape index (κ1) is 21.7. The van der Waals surface area contributed by atoms with E-state index < -0.39 is 0 Å². The van der Waals surface area contributed by atoms with E-state index in [1.807, 2.05) is 35.9 Å². The van der Waals surface area contributed by atoms with Gasteiger partial charge in [-0.3, -0.25) is 4.79 Å². The summed E-state index contributed by atoms with van der Waals surface area (Å²) in [5.41, 5.74) is 3.95. The lowest BCUT2D eigenvalue weighted by Crippen LogP contribution is -2.17. The number of nitrogens with one attached hydrogen (secondary N) is 1. The highest BCUT2D eigenvalue weighted by molar-refractivity contribution is 7.99. The molecule has 29 heavy (non-hydrogen) atoms. The number of rotatable bonds is 7. The molecule has 1 amide bonds. The standard InChI is InChI=1S/C21H22Cl2N4OS/c1-4-13-7-6-8-14(5-2)19(13)24-18(28)12-29-21-26-25-20(27(21)3)16-10-9-15(22)11-17(16)23/h6-11H,4-5,12H2,1-3H3,(H,24,28). The third kappa shape index (κ3) is 4.94. The van der Waals surface area contributed by atoms with Crippen LogP contribution in [0.3, 0.4) is 0 Å². The molecular formula is C21H22Cl2N4OS. The van der Waals surface area contributed by atoms with Gasteiger partial charge < -0.3 is 9.88 Å². The van der Waals surface area contributed by atoms with Gasteiger partial charge in [-0.25, -0.2) is 0 Å².